The van der Waals surface area contributed by atoms with Crippen molar-refractivity contribution in [1.82, 2.24) is 0 Å². The Kier molecular flexibility index (Phi) is 4.18. The molecule has 0 spiro atoms. The van der Waals surface area contributed by atoms with Crippen molar-refractivity contribution in [2.24, 2.45) is 11.8 Å². The summed E-state index contributed by atoms with van der Waals surface area (Å²) in [5.74, 6) is -1.84. The lowest BCUT2D eigenvalue weighted by Gasteiger charge is -2.21. The maximum atomic E-state index is 12.4. The van der Waals surface area contributed by atoms with Crippen LogP contribution in [-0.4, -0.2) is 30.1 Å². The van der Waals surface area contributed by atoms with Crippen molar-refractivity contribution >= 4 is 23.4 Å². The summed E-state index contributed by atoms with van der Waals surface area (Å²) in [4.78, 5) is 23.3. The molecule has 2 rings (SSSR count). The summed E-state index contributed by atoms with van der Waals surface area (Å²) in [5, 5.41) is 9.22. The molecule has 1 aromatic rings. The van der Waals surface area contributed by atoms with Crippen molar-refractivity contribution in [3.05, 3.63) is 22.7 Å². The molecule has 0 amide bonds. The van der Waals surface area contributed by atoms with Gasteiger partial charge in [-0.15, -0.1) is 0 Å². The summed E-state index contributed by atoms with van der Waals surface area (Å²) in [6, 6.07) is 3.05. The third-order valence-corrected chi connectivity index (χ3v) is 3.76. The highest BCUT2D eigenvalue weighted by atomic mass is 35.5. The number of Topliss-reactive ketones (excluding diaryl/α,β-unsaturated/α-hetero) is 1. The van der Waals surface area contributed by atoms with Gasteiger partial charge in [-0.25, -0.2) is 0 Å². The van der Waals surface area contributed by atoms with Crippen molar-refractivity contribution in [3.8, 4) is 11.5 Å². The van der Waals surface area contributed by atoms with Gasteiger partial charge in [0.2, 0.25) is 0 Å². The van der Waals surface area contributed by atoms with Gasteiger partial charge in [0.25, 0.3) is 0 Å². The number of ether oxygens (including phenoxy) is 2. The Balaban J connectivity index is 2.32. The standard InChI is InChI=1S/C14H15ClO5/c1-7(8(2)14(17)18)13(16)9-5-11-12(6-10(9)15)20-4-3-19-11/h5-8H,3-4H2,1-2H3,(H,17,18). The van der Waals surface area contributed by atoms with E-state index in [9.17, 15) is 9.59 Å². The van der Waals surface area contributed by atoms with Gasteiger partial charge in [0.05, 0.1) is 10.9 Å². The van der Waals surface area contributed by atoms with E-state index in [4.69, 9.17) is 26.2 Å². The fraction of sp³-hybridized carbons (Fsp3) is 0.429. The zero-order valence-corrected chi connectivity index (χ0v) is 11.9. The number of carbonyl (C=O) groups excluding carboxylic acids is 1. The second-order valence-electron chi connectivity index (χ2n) is 4.76. The zero-order chi connectivity index (χ0) is 14.9. The van der Waals surface area contributed by atoms with Crippen molar-refractivity contribution in [2.75, 3.05) is 13.2 Å². The normalized spacial score (nSPS) is 16.4. The van der Waals surface area contributed by atoms with Crippen molar-refractivity contribution in [3.63, 3.8) is 0 Å². The number of ketones is 1. The van der Waals surface area contributed by atoms with E-state index < -0.39 is 17.8 Å². The molecule has 20 heavy (non-hydrogen) atoms. The Labute approximate surface area is 121 Å². The molecule has 1 heterocycles. The first-order chi connectivity index (χ1) is 9.41. The predicted molar refractivity (Wildman–Crippen MR) is 72.7 cm³/mol. The molecule has 2 atom stereocenters. The number of hydrogen-bond acceptors (Lipinski definition) is 4. The van der Waals surface area contributed by atoms with Crippen LogP contribution in [0.5, 0.6) is 11.5 Å². The number of carbonyl (C=O) groups is 2. The van der Waals surface area contributed by atoms with Crippen LogP contribution in [0.3, 0.4) is 0 Å². The molecule has 1 aromatic carbocycles. The lowest BCUT2D eigenvalue weighted by atomic mass is 9.88. The Hall–Kier alpha value is -1.75. The largest absolute Gasteiger partial charge is 0.486 e. The van der Waals surface area contributed by atoms with Crippen molar-refractivity contribution in [1.29, 1.82) is 0 Å². The maximum Gasteiger partial charge on any atom is 0.306 e. The molecule has 6 heteroatoms. The van der Waals surface area contributed by atoms with Crippen LogP contribution in [0, 0.1) is 11.8 Å². The molecule has 1 N–H and O–H groups in total. The van der Waals surface area contributed by atoms with E-state index in [1.54, 1.807) is 6.92 Å². The number of benzene rings is 1. The molecule has 0 bridgehead atoms. The molecule has 0 saturated carbocycles. The van der Waals surface area contributed by atoms with Crippen LogP contribution in [0.1, 0.15) is 24.2 Å². The average Bonchev–Trinajstić information content (AvgIpc) is 2.44. The third-order valence-electron chi connectivity index (χ3n) is 3.45. The molecule has 0 radical (unpaired) electrons. The first-order valence-corrected chi connectivity index (χ1v) is 6.65. The number of fused-ring (bicyclic) bond motifs is 1. The number of carboxylic acids is 1. The number of hydrogen-bond donors (Lipinski definition) is 1. The van der Waals surface area contributed by atoms with Gasteiger partial charge in [-0.1, -0.05) is 25.4 Å². The van der Waals surface area contributed by atoms with Gasteiger partial charge >= 0.3 is 5.97 Å². The molecule has 1 aliphatic heterocycles. The van der Waals surface area contributed by atoms with Gasteiger partial charge < -0.3 is 14.6 Å². The molecule has 5 nitrogen and oxygen atoms in total. The van der Waals surface area contributed by atoms with E-state index in [0.29, 0.717) is 24.7 Å². The number of aliphatic carboxylic acids is 1. The molecule has 0 saturated heterocycles. The first kappa shape index (κ1) is 14.7. The summed E-state index contributed by atoms with van der Waals surface area (Å²) < 4.78 is 10.8. The van der Waals surface area contributed by atoms with Crippen LogP contribution in [0.2, 0.25) is 5.02 Å². The third kappa shape index (κ3) is 2.72. The van der Waals surface area contributed by atoms with Crippen LogP contribution < -0.4 is 9.47 Å². The summed E-state index contributed by atoms with van der Waals surface area (Å²) in [5.41, 5.74) is 0.261. The molecule has 0 fully saturated rings. The molecule has 0 aromatic heterocycles. The van der Waals surface area contributed by atoms with Crippen LogP contribution in [0.15, 0.2) is 12.1 Å². The van der Waals surface area contributed by atoms with Gasteiger partial charge in [0.1, 0.15) is 13.2 Å². The highest BCUT2D eigenvalue weighted by Gasteiger charge is 2.29. The van der Waals surface area contributed by atoms with Crippen LogP contribution in [0.25, 0.3) is 0 Å². The van der Waals surface area contributed by atoms with Gasteiger partial charge in [-0.05, 0) is 6.07 Å². The summed E-state index contributed by atoms with van der Waals surface area (Å²) in [7, 11) is 0. The highest BCUT2D eigenvalue weighted by Crippen LogP contribution is 2.36. The van der Waals surface area contributed by atoms with Crippen molar-refractivity contribution in [2.45, 2.75) is 13.8 Å². The van der Waals surface area contributed by atoms with E-state index >= 15 is 0 Å². The minimum atomic E-state index is -1.01. The van der Waals surface area contributed by atoms with E-state index in [1.165, 1.54) is 19.1 Å². The van der Waals surface area contributed by atoms with Gasteiger partial charge in [-0.2, -0.15) is 0 Å². The lowest BCUT2D eigenvalue weighted by Crippen LogP contribution is -2.26. The zero-order valence-electron chi connectivity index (χ0n) is 11.2. The van der Waals surface area contributed by atoms with Crippen LogP contribution in [-0.2, 0) is 4.79 Å². The Morgan fingerprint density at radius 1 is 1.15 bits per heavy atom. The minimum absolute atomic E-state index is 0.240. The quantitative estimate of drug-likeness (QED) is 0.865. The van der Waals surface area contributed by atoms with E-state index in [2.05, 4.69) is 0 Å². The van der Waals surface area contributed by atoms with Gasteiger partial charge in [0, 0.05) is 17.5 Å². The molecule has 108 valence electrons. The second-order valence-corrected chi connectivity index (χ2v) is 5.16. The number of halogens is 1. The topological polar surface area (TPSA) is 72.8 Å². The lowest BCUT2D eigenvalue weighted by molar-refractivity contribution is -0.142. The number of rotatable bonds is 4. The predicted octanol–water partition coefficient (Wildman–Crippen LogP) is 2.65. The second kappa shape index (κ2) is 5.71. The molecule has 2 unspecified atom stereocenters. The Morgan fingerprint density at radius 2 is 1.70 bits per heavy atom. The van der Waals surface area contributed by atoms with E-state index in [1.807, 2.05) is 0 Å². The van der Waals surface area contributed by atoms with Gasteiger partial charge in [-0.3, -0.25) is 9.59 Å². The summed E-state index contributed by atoms with van der Waals surface area (Å²) >= 11 is 6.08. The average molecular weight is 299 g/mol. The fourth-order valence-electron chi connectivity index (χ4n) is 1.94. The molecular formula is C14H15ClO5. The fourth-order valence-corrected chi connectivity index (χ4v) is 2.19. The molecular weight excluding hydrogens is 284 g/mol. The SMILES string of the molecule is CC(C(=O)O)C(C)C(=O)c1cc2c(cc1Cl)OCCO2. The molecule has 1 aliphatic rings. The molecule has 0 aliphatic carbocycles. The highest BCUT2D eigenvalue weighted by molar-refractivity contribution is 6.34. The maximum absolute atomic E-state index is 12.4. The summed E-state index contributed by atoms with van der Waals surface area (Å²) in [6.45, 7) is 3.91. The van der Waals surface area contributed by atoms with E-state index in [0.717, 1.165) is 0 Å². The smallest absolute Gasteiger partial charge is 0.306 e. The van der Waals surface area contributed by atoms with Crippen LogP contribution >= 0.6 is 11.6 Å². The summed E-state index contributed by atoms with van der Waals surface area (Å²) in [6.07, 6.45) is 0. The van der Waals surface area contributed by atoms with Crippen molar-refractivity contribution < 1.29 is 24.2 Å². The number of carboxylic acid groups (broad SMARTS) is 1. The monoisotopic (exact) mass is 298 g/mol. The Bertz CT molecular complexity index is 555. The van der Waals surface area contributed by atoms with Crippen LogP contribution in [0.4, 0.5) is 0 Å². The minimum Gasteiger partial charge on any atom is -0.486 e. The Morgan fingerprint density at radius 3 is 2.25 bits per heavy atom. The van der Waals surface area contributed by atoms with Gasteiger partial charge in [0.15, 0.2) is 17.3 Å². The first-order valence-electron chi connectivity index (χ1n) is 6.28. The van der Waals surface area contributed by atoms with E-state index in [-0.39, 0.29) is 16.4 Å².